The molecule has 16 heavy (non-hydrogen) atoms. The molecule has 0 bridgehead atoms. The van der Waals surface area contributed by atoms with Crippen LogP contribution >= 0.6 is 12.2 Å². The highest BCUT2D eigenvalue weighted by molar-refractivity contribution is 7.80. The van der Waals surface area contributed by atoms with Crippen molar-refractivity contribution in [2.75, 3.05) is 5.32 Å². The van der Waals surface area contributed by atoms with E-state index in [2.05, 4.69) is 56.5 Å². The fraction of sp³-hybridized carbons (Fsp3) is 0.462. The van der Waals surface area contributed by atoms with Crippen LogP contribution in [-0.2, 0) is 0 Å². The molecule has 0 aliphatic heterocycles. The number of anilines is 1. The number of rotatable bonds is 3. The molecule has 1 aromatic carbocycles. The van der Waals surface area contributed by atoms with Crippen molar-refractivity contribution in [3.63, 3.8) is 0 Å². The molecule has 3 heteroatoms. The Labute approximate surface area is 103 Å². The first kappa shape index (κ1) is 13.0. The van der Waals surface area contributed by atoms with E-state index in [0.29, 0.717) is 11.2 Å². The number of hydrogen-bond donors (Lipinski definition) is 2. The minimum Gasteiger partial charge on any atom is -0.360 e. The van der Waals surface area contributed by atoms with Gasteiger partial charge in [0.1, 0.15) is 0 Å². The summed E-state index contributed by atoms with van der Waals surface area (Å²) in [4.78, 5) is 0. The minimum atomic E-state index is 0.408. The summed E-state index contributed by atoms with van der Waals surface area (Å²) in [5, 5.41) is 7.18. The van der Waals surface area contributed by atoms with Gasteiger partial charge in [0, 0.05) is 11.7 Å². The van der Waals surface area contributed by atoms with Crippen LogP contribution in [0.4, 0.5) is 5.69 Å². The molecule has 1 aromatic rings. The quantitative estimate of drug-likeness (QED) is 0.787. The average Bonchev–Trinajstić information content (AvgIpc) is 2.23. The Balaban J connectivity index is 2.65. The first-order valence-corrected chi connectivity index (χ1v) is 6.08. The molecule has 0 aliphatic rings. The molecule has 0 saturated carbocycles. The lowest BCUT2D eigenvalue weighted by atomic mass is 10.1. The van der Waals surface area contributed by atoms with Crippen LogP contribution in [0.15, 0.2) is 18.2 Å². The van der Waals surface area contributed by atoms with Gasteiger partial charge in [-0.15, -0.1) is 0 Å². The van der Waals surface area contributed by atoms with E-state index in [1.807, 2.05) is 0 Å². The highest BCUT2D eigenvalue weighted by Crippen LogP contribution is 2.16. The Morgan fingerprint density at radius 2 is 2.06 bits per heavy atom. The van der Waals surface area contributed by atoms with Crippen LogP contribution in [0.2, 0.25) is 0 Å². The predicted molar refractivity (Wildman–Crippen MR) is 75.0 cm³/mol. The first-order valence-electron chi connectivity index (χ1n) is 5.67. The molecule has 0 aromatic heterocycles. The fourth-order valence-electron chi connectivity index (χ4n) is 1.35. The van der Waals surface area contributed by atoms with Gasteiger partial charge in [0.15, 0.2) is 5.11 Å². The van der Waals surface area contributed by atoms with Gasteiger partial charge in [-0.3, -0.25) is 0 Å². The summed E-state index contributed by atoms with van der Waals surface area (Å²) in [6.07, 6.45) is 1.06. The summed E-state index contributed by atoms with van der Waals surface area (Å²) >= 11 is 5.26. The highest BCUT2D eigenvalue weighted by atomic mass is 32.1. The Hall–Kier alpha value is -1.09. The molecule has 0 heterocycles. The maximum absolute atomic E-state index is 5.26. The van der Waals surface area contributed by atoms with Crippen molar-refractivity contribution in [3.05, 3.63) is 29.3 Å². The van der Waals surface area contributed by atoms with Crippen LogP contribution in [0.3, 0.4) is 0 Å². The van der Waals surface area contributed by atoms with E-state index in [4.69, 9.17) is 12.2 Å². The molecule has 0 amide bonds. The van der Waals surface area contributed by atoms with Crippen molar-refractivity contribution >= 4 is 23.0 Å². The molecule has 0 spiro atoms. The van der Waals surface area contributed by atoms with Crippen LogP contribution in [0.25, 0.3) is 0 Å². The zero-order valence-corrected chi connectivity index (χ0v) is 11.2. The van der Waals surface area contributed by atoms with E-state index in [-0.39, 0.29) is 0 Å². The molecule has 0 aliphatic carbocycles. The second-order valence-electron chi connectivity index (χ2n) is 4.23. The monoisotopic (exact) mass is 236 g/mol. The van der Waals surface area contributed by atoms with Crippen molar-refractivity contribution in [1.29, 1.82) is 0 Å². The maximum atomic E-state index is 5.26. The van der Waals surface area contributed by atoms with E-state index in [9.17, 15) is 0 Å². The fourth-order valence-corrected chi connectivity index (χ4v) is 1.67. The van der Waals surface area contributed by atoms with Gasteiger partial charge in [-0.05, 0) is 56.6 Å². The summed E-state index contributed by atoms with van der Waals surface area (Å²) in [6.45, 7) is 8.42. The summed E-state index contributed by atoms with van der Waals surface area (Å²) < 4.78 is 0. The third kappa shape index (κ3) is 3.81. The van der Waals surface area contributed by atoms with Crippen LogP contribution in [0, 0.1) is 13.8 Å². The Bertz CT molecular complexity index is 374. The normalized spacial score (nSPS) is 12.0. The van der Waals surface area contributed by atoms with Crippen molar-refractivity contribution < 1.29 is 0 Å². The Morgan fingerprint density at radius 1 is 1.38 bits per heavy atom. The van der Waals surface area contributed by atoms with Gasteiger partial charge in [-0.25, -0.2) is 0 Å². The van der Waals surface area contributed by atoms with E-state index >= 15 is 0 Å². The summed E-state index contributed by atoms with van der Waals surface area (Å²) in [7, 11) is 0. The topological polar surface area (TPSA) is 24.1 Å². The standard InChI is InChI=1S/C13H20N2S/c1-5-11(4)14-13(16)15-12-8-9(2)6-7-10(12)3/h6-8,11H,5H2,1-4H3,(H2,14,15,16)/t11-/m0/s1. The summed E-state index contributed by atoms with van der Waals surface area (Å²) in [5.74, 6) is 0. The zero-order valence-electron chi connectivity index (χ0n) is 10.4. The molecule has 2 N–H and O–H groups in total. The smallest absolute Gasteiger partial charge is 0.170 e. The third-order valence-electron chi connectivity index (χ3n) is 2.63. The summed E-state index contributed by atoms with van der Waals surface area (Å²) in [5.41, 5.74) is 3.53. The van der Waals surface area contributed by atoms with Crippen molar-refractivity contribution in [2.24, 2.45) is 0 Å². The third-order valence-corrected chi connectivity index (χ3v) is 2.85. The van der Waals surface area contributed by atoms with Crippen molar-refractivity contribution in [3.8, 4) is 0 Å². The lowest BCUT2D eigenvalue weighted by Gasteiger charge is -2.16. The van der Waals surface area contributed by atoms with Gasteiger partial charge in [-0.1, -0.05) is 19.1 Å². The minimum absolute atomic E-state index is 0.408. The van der Waals surface area contributed by atoms with E-state index in [1.165, 1.54) is 11.1 Å². The molecular weight excluding hydrogens is 216 g/mol. The molecule has 0 radical (unpaired) electrons. The number of hydrogen-bond acceptors (Lipinski definition) is 1. The molecule has 88 valence electrons. The van der Waals surface area contributed by atoms with Crippen molar-refractivity contribution in [2.45, 2.75) is 40.2 Å². The second-order valence-corrected chi connectivity index (χ2v) is 4.63. The van der Waals surface area contributed by atoms with Gasteiger partial charge in [0.05, 0.1) is 0 Å². The van der Waals surface area contributed by atoms with Gasteiger partial charge >= 0.3 is 0 Å². The van der Waals surface area contributed by atoms with Crippen LogP contribution in [-0.4, -0.2) is 11.2 Å². The molecule has 0 saturated heterocycles. The lowest BCUT2D eigenvalue weighted by Crippen LogP contribution is -2.35. The molecule has 0 unspecified atom stereocenters. The first-order chi connectivity index (χ1) is 7.52. The molecule has 1 rings (SSSR count). The SMILES string of the molecule is CC[C@H](C)NC(=S)Nc1cc(C)ccc1C. The number of thiocarbonyl (C=S) groups is 1. The van der Waals surface area contributed by atoms with E-state index in [1.54, 1.807) is 0 Å². The molecule has 0 fully saturated rings. The lowest BCUT2D eigenvalue weighted by molar-refractivity contribution is 0.646. The van der Waals surface area contributed by atoms with Crippen molar-refractivity contribution in [1.82, 2.24) is 5.32 Å². The molecular formula is C13H20N2S. The largest absolute Gasteiger partial charge is 0.360 e. The Morgan fingerprint density at radius 3 is 2.69 bits per heavy atom. The van der Waals surface area contributed by atoms with Crippen LogP contribution in [0.5, 0.6) is 0 Å². The van der Waals surface area contributed by atoms with E-state index in [0.717, 1.165) is 12.1 Å². The average molecular weight is 236 g/mol. The van der Waals surface area contributed by atoms with Gasteiger partial charge < -0.3 is 10.6 Å². The number of nitrogens with one attached hydrogen (secondary N) is 2. The van der Waals surface area contributed by atoms with Crippen LogP contribution in [0.1, 0.15) is 31.4 Å². The predicted octanol–water partition coefficient (Wildman–Crippen LogP) is 3.39. The second kappa shape index (κ2) is 5.85. The molecule has 1 atom stereocenters. The zero-order chi connectivity index (χ0) is 12.1. The van der Waals surface area contributed by atoms with Gasteiger partial charge in [0.2, 0.25) is 0 Å². The van der Waals surface area contributed by atoms with Gasteiger partial charge in [0.25, 0.3) is 0 Å². The molecule has 2 nitrogen and oxygen atoms in total. The Kier molecular flexibility index (Phi) is 4.74. The summed E-state index contributed by atoms with van der Waals surface area (Å²) in [6, 6.07) is 6.72. The number of benzene rings is 1. The highest BCUT2D eigenvalue weighted by Gasteiger charge is 2.03. The van der Waals surface area contributed by atoms with Gasteiger partial charge in [-0.2, -0.15) is 0 Å². The maximum Gasteiger partial charge on any atom is 0.170 e. The van der Waals surface area contributed by atoms with Crippen LogP contribution < -0.4 is 10.6 Å². The number of aryl methyl sites for hydroxylation is 2. The van der Waals surface area contributed by atoms with E-state index < -0.39 is 0 Å².